The normalized spacial score (nSPS) is 14.9. The smallest absolute Gasteiger partial charge is 0.233 e. The van der Waals surface area contributed by atoms with Gasteiger partial charge in [-0.25, -0.2) is 4.39 Å². The van der Waals surface area contributed by atoms with E-state index < -0.39 is 5.82 Å². The molecule has 158 valence electrons. The van der Waals surface area contributed by atoms with Crippen LogP contribution in [0, 0.1) is 5.82 Å². The van der Waals surface area contributed by atoms with Gasteiger partial charge in [0.05, 0.1) is 7.11 Å². The molecule has 1 fully saturated rings. The summed E-state index contributed by atoms with van der Waals surface area (Å²) in [5.41, 5.74) is 0.538. The molecular weight excluding hydrogens is 373 g/mol. The van der Waals surface area contributed by atoms with Gasteiger partial charge in [0.25, 0.3) is 0 Å². The molecule has 1 aromatic heterocycles. The quantitative estimate of drug-likeness (QED) is 0.373. The van der Waals surface area contributed by atoms with Crippen LogP contribution in [-0.4, -0.2) is 48.2 Å². The lowest BCUT2D eigenvalue weighted by Crippen LogP contribution is -2.22. The Morgan fingerprint density at radius 3 is 2.41 bits per heavy atom. The van der Waals surface area contributed by atoms with Crippen LogP contribution in [0.4, 0.5) is 27.9 Å². The number of rotatable bonds is 9. The topological polar surface area (TPSA) is 96.0 Å². The van der Waals surface area contributed by atoms with Crippen LogP contribution < -0.4 is 26.0 Å². The molecule has 8 nitrogen and oxygen atoms in total. The van der Waals surface area contributed by atoms with E-state index >= 15 is 0 Å². The van der Waals surface area contributed by atoms with E-state index in [0.29, 0.717) is 36.1 Å². The first-order chi connectivity index (χ1) is 14.2. The van der Waals surface area contributed by atoms with Crippen LogP contribution in [0.25, 0.3) is 0 Å². The Bertz CT molecular complexity index is 781. The molecule has 29 heavy (non-hydrogen) atoms. The lowest BCUT2D eigenvalue weighted by Gasteiger charge is -2.17. The maximum Gasteiger partial charge on any atom is 0.233 e. The maximum atomic E-state index is 14.0. The fourth-order valence-electron chi connectivity index (χ4n) is 3.35. The van der Waals surface area contributed by atoms with E-state index in [1.54, 1.807) is 12.1 Å². The number of nitrogens with one attached hydrogen (secondary N) is 4. The summed E-state index contributed by atoms with van der Waals surface area (Å²) in [6.45, 7) is 1.46. The van der Waals surface area contributed by atoms with E-state index in [1.165, 1.54) is 38.9 Å². The lowest BCUT2D eigenvalue weighted by atomic mass is 10.1. The number of nitrogens with zero attached hydrogens (tertiary/aromatic N) is 3. The molecule has 1 saturated carbocycles. The molecule has 1 heterocycles. The molecule has 0 radical (unpaired) electrons. The predicted molar refractivity (Wildman–Crippen MR) is 114 cm³/mol. The molecule has 0 amide bonds. The minimum absolute atomic E-state index is 0.191. The van der Waals surface area contributed by atoms with Crippen molar-refractivity contribution in [3.63, 3.8) is 0 Å². The third kappa shape index (κ3) is 6.42. The van der Waals surface area contributed by atoms with Gasteiger partial charge >= 0.3 is 0 Å². The summed E-state index contributed by atoms with van der Waals surface area (Å²) in [5, 5.41) is 12.8. The van der Waals surface area contributed by atoms with Crippen molar-refractivity contribution in [3.05, 3.63) is 24.0 Å². The molecular formula is C20H30FN7O. The van der Waals surface area contributed by atoms with Gasteiger partial charge in [0, 0.05) is 30.9 Å². The number of anilines is 4. The Hall–Kier alpha value is -2.68. The number of benzene rings is 1. The van der Waals surface area contributed by atoms with Crippen molar-refractivity contribution < 1.29 is 9.13 Å². The second kappa shape index (κ2) is 10.8. The largest absolute Gasteiger partial charge is 0.494 e. The number of hydrogen-bond donors (Lipinski definition) is 4. The van der Waals surface area contributed by atoms with Crippen LogP contribution in [0.2, 0.25) is 0 Å². The van der Waals surface area contributed by atoms with Crippen molar-refractivity contribution in [2.45, 2.75) is 44.6 Å². The molecule has 9 heteroatoms. The highest BCUT2D eigenvalue weighted by molar-refractivity contribution is 5.57. The fraction of sp³-hybridized carbons (Fsp3) is 0.550. The Kier molecular flexibility index (Phi) is 7.80. The van der Waals surface area contributed by atoms with Gasteiger partial charge in [-0.15, -0.1) is 0 Å². The molecule has 0 atom stereocenters. The number of likely N-dealkylation sites (N-methyl/N-ethyl adjacent to an activating group) is 1. The number of aromatic nitrogens is 3. The zero-order chi connectivity index (χ0) is 20.5. The molecule has 0 saturated heterocycles. The van der Waals surface area contributed by atoms with Crippen molar-refractivity contribution in [1.29, 1.82) is 0 Å². The van der Waals surface area contributed by atoms with Gasteiger partial charge in [-0.3, -0.25) is 0 Å². The van der Waals surface area contributed by atoms with Crippen LogP contribution in [0.5, 0.6) is 5.75 Å². The van der Waals surface area contributed by atoms with E-state index in [1.807, 2.05) is 7.05 Å². The zero-order valence-corrected chi connectivity index (χ0v) is 17.1. The van der Waals surface area contributed by atoms with Crippen molar-refractivity contribution in [2.24, 2.45) is 0 Å². The summed E-state index contributed by atoms with van der Waals surface area (Å²) in [6.07, 6.45) is 7.21. The predicted octanol–water partition coefficient (Wildman–Crippen LogP) is 3.53. The Balaban J connectivity index is 1.78. The summed E-state index contributed by atoms with van der Waals surface area (Å²) in [7, 11) is 3.32. The Morgan fingerprint density at radius 2 is 1.72 bits per heavy atom. The molecule has 0 aliphatic heterocycles. The first-order valence-corrected chi connectivity index (χ1v) is 10.2. The third-order valence-corrected chi connectivity index (χ3v) is 4.89. The van der Waals surface area contributed by atoms with Crippen molar-refractivity contribution in [3.8, 4) is 5.75 Å². The summed E-state index contributed by atoms with van der Waals surface area (Å²) in [5.74, 6) is 1.10. The average Bonchev–Trinajstić information content (AvgIpc) is 2.97. The second-order valence-electron chi connectivity index (χ2n) is 7.14. The molecule has 3 rings (SSSR count). The minimum Gasteiger partial charge on any atom is -0.494 e. The first kappa shape index (κ1) is 21.0. The molecule has 0 unspecified atom stereocenters. The first-order valence-electron chi connectivity index (χ1n) is 10.2. The third-order valence-electron chi connectivity index (χ3n) is 4.89. The molecule has 1 aliphatic carbocycles. The van der Waals surface area contributed by atoms with Crippen LogP contribution >= 0.6 is 0 Å². The van der Waals surface area contributed by atoms with E-state index in [-0.39, 0.29) is 5.75 Å². The van der Waals surface area contributed by atoms with Crippen molar-refractivity contribution in [1.82, 2.24) is 20.3 Å². The molecule has 4 N–H and O–H groups in total. The van der Waals surface area contributed by atoms with Crippen molar-refractivity contribution in [2.75, 3.05) is 43.2 Å². The monoisotopic (exact) mass is 403 g/mol. The molecule has 1 aliphatic rings. The summed E-state index contributed by atoms with van der Waals surface area (Å²) in [6, 6.07) is 5.00. The van der Waals surface area contributed by atoms with Gasteiger partial charge in [-0.05, 0) is 32.0 Å². The maximum absolute atomic E-state index is 14.0. The van der Waals surface area contributed by atoms with Gasteiger partial charge in [-0.1, -0.05) is 25.7 Å². The summed E-state index contributed by atoms with van der Waals surface area (Å²) >= 11 is 0. The van der Waals surface area contributed by atoms with E-state index in [2.05, 4.69) is 36.2 Å². The molecule has 2 aromatic rings. The second-order valence-corrected chi connectivity index (χ2v) is 7.14. The van der Waals surface area contributed by atoms with E-state index in [0.717, 1.165) is 19.4 Å². The van der Waals surface area contributed by atoms with Gasteiger partial charge < -0.3 is 26.0 Å². The van der Waals surface area contributed by atoms with E-state index in [9.17, 15) is 4.39 Å². The van der Waals surface area contributed by atoms with Crippen molar-refractivity contribution >= 4 is 23.5 Å². The highest BCUT2D eigenvalue weighted by Crippen LogP contribution is 2.24. The van der Waals surface area contributed by atoms with E-state index in [4.69, 9.17) is 4.74 Å². The lowest BCUT2D eigenvalue weighted by molar-refractivity contribution is 0.386. The number of methoxy groups -OCH3 is 1. The average molecular weight is 404 g/mol. The molecule has 0 spiro atoms. The van der Waals surface area contributed by atoms with Gasteiger partial charge in [0.2, 0.25) is 17.8 Å². The van der Waals surface area contributed by atoms with Gasteiger partial charge in [0.15, 0.2) is 11.6 Å². The Morgan fingerprint density at radius 1 is 1.00 bits per heavy atom. The Labute approximate surface area is 171 Å². The van der Waals surface area contributed by atoms with Crippen LogP contribution in [0.3, 0.4) is 0 Å². The van der Waals surface area contributed by atoms with Gasteiger partial charge in [0.1, 0.15) is 0 Å². The zero-order valence-electron chi connectivity index (χ0n) is 17.1. The number of ether oxygens (including phenoxy) is 1. The van der Waals surface area contributed by atoms with Gasteiger partial charge in [-0.2, -0.15) is 15.0 Å². The van der Waals surface area contributed by atoms with Crippen LogP contribution in [-0.2, 0) is 0 Å². The highest BCUT2D eigenvalue weighted by Gasteiger charge is 2.15. The molecule has 1 aromatic carbocycles. The van der Waals surface area contributed by atoms with Crippen LogP contribution in [0.1, 0.15) is 38.5 Å². The minimum atomic E-state index is -0.448. The SMILES string of the molecule is CNCCNc1nc(Nc2ccc(OC)c(F)c2)nc(NC2CCCCCC2)n1. The highest BCUT2D eigenvalue weighted by atomic mass is 19.1. The summed E-state index contributed by atoms with van der Waals surface area (Å²) < 4.78 is 19.0. The number of halogens is 1. The summed E-state index contributed by atoms with van der Waals surface area (Å²) in [4.78, 5) is 13.4. The standard InChI is InChI=1S/C20H30FN7O/c1-22-11-12-23-18-26-19(24-14-7-5-3-4-6-8-14)28-20(27-18)25-15-9-10-17(29-2)16(21)13-15/h9-10,13-14,22H,3-8,11-12H2,1-2H3,(H3,23,24,25,26,27,28). The molecule has 0 bridgehead atoms. The fourth-order valence-corrected chi connectivity index (χ4v) is 3.35. The number of hydrogen-bond acceptors (Lipinski definition) is 8. The van der Waals surface area contributed by atoms with Crippen LogP contribution in [0.15, 0.2) is 18.2 Å².